The minimum absolute atomic E-state index is 0.160. The molecule has 0 saturated heterocycles. The number of aromatic nitrogens is 1. The number of anilines is 1. The molecule has 1 aromatic heterocycles. The molecule has 0 fully saturated rings. The summed E-state index contributed by atoms with van der Waals surface area (Å²) in [4.78, 5) is 15.6. The molecule has 0 spiro atoms. The summed E-state index contributed by atoms with van der Waals surface area (Å²) in [5.41, 5.74) is -3.29. The maximum Gasteiger partial charge on any atom is 0.424 e. The smallest absolute Gasteiger partial charge is 0.424 e. The lowest BCUT2D eigenvalue weighted by Crippen LogP contribution is -2.45. The number of hydrogen-bond acceptors (Lipinski definition) is 5. The fourth-order valence-electron chi connectivity index (χ4n) is 1.88. The summed E-state index contributed by atoms with van der Waals surface area (Å²) >= 11 is 6.31. The number of nitrogens with one attached hydrogen (secondary N) is 1. The minimum atomic E-state index is -5.11. The van der Waals surface area contributed by atoms with Gasteiger partial charge in [0.2, 0.25) is 11.5 Å². The molecule has 3 N–H and O–H groups in total. The molecule has 1 aromatic carbocycles. The summed E-state index contributed by atoms with van der Waals surface area (Å²) in [7, 11) is 0. The number of halogens is 4. The lowest BCUT2D eigenvalue weighted by atomic mass is 9.99. The highest BCUT2D eigenvalue weighted by molar-refractivity contribution is 7.09. The molecule has 1 unspecified atom stereocenters. The van der Waals surface area contributed by atoms with Gasteiger partial charge in [0.1, 0.15) is 10.8 Å². The zero-order valence-corrected chi connectivity index (χ0v) is 13.8. The lowest BCUT2D eigenvalue weighted by molar-refractivity contribution is -0.266. The Labute approximate surface area is 143 Å². The second kappa shape index (κ2) is 6.58. The summed E-state index contributed by atoms with van der Waals surface area (Å²) in [6, 6.07) is 3.70. The van der Waals surface area contributed by atoms with E-state index < -0.39 is 29.1 Å². The first kappa shape index (κ1) is 18.5. The first-order valence-electron chi connectivity index (χ1n) is 6.53. The number of phenols is 1. The standard InChI is InChI=1S/C14H12ClF3N2O3S/c1-7-6-24-12(19-7)13(23,14(16,17)18)5-11(22)20-9-4-8(15)2-3-10(9)21/h2-4,6,21,23H,5H2,1H3,(H,20,22). The number of phenolic OH excluding ortho intramolecular Hbond substituents is 1. The highest BCUT2D eigenvalue weighted by Crippen LogP contribution is 2.43. The largest absolute Gasteiger partial charge is 0.506 e. The number of aryl methyl sites for hydroxylation is 1. The first-order chi connectivity index (χ1) is 11.0. The molecular formula is C14H12ClF3N2O3S. The molecule has 130 valence electrons. The van der Waals surface area contributed by atoms with E-state index in [-0.39, 0.29) is 16.5 Å². The zero-order valence-electron chi connectivity index (χ0n) is 12.2. The number of aliphatic hydroxyl groups is 1. The lowest BCUT2D eigenvalue weighted by Gasteiger charge is -2.27. The zero-order chi connectivity index (χ0) is 18.1. The molecule has 0 saturated carbocycles. The number of thiazole rings is 1. The van der Waals surface area contributed by atoms with Gasteiger partial charge in [-0.2, -0.15) is 13.2 Å². The molecule has 0 bridgehead atoms. The van der Waals surface area contributed by atoms with E-state index in [4.69, 9.17) is 11.6 Å². The summed E-state index contributed by atoms with van der Waals surface area (Å²) in [5.74, 6) is -1.52. The van der Waals surface area contributed by atoms with Gasteiger partial charge < -0.3 is 15.5 Å². The second-order valence-electron chi connectivity index (χ2n) is 5.04. The van der Waals surface area contributed by atoms with Gasteiger partial charge in [0.05, 0.1) is 12.1 Å². The number of aromatic hydroxyl groups is 1. The molecule has 10 heteroatoms. The average Bonchev–Trinajstić information content (AvgIpc) is 2.88. The number of hydrogen-bond donors (Lipinski definition) is 3. The van der Waals surface area contributed by atoms with Crippen LogP contribution in [0.1, 0.15) is 17.1 Å². The maximum absolute atomic E-state index is 13.3. The van der Waals surface area contributed by atoms with Crippen molar-refractivity contribution in [3.8, 4) is 5.75 Å². The monoisotopic (exact) mass is 380 g/mol. The van der Waals surface area contributed by atoms with Crippen LogP contribution in [0.3, 0.4) is 0 Å². The topological polar surface area (TPSA) is 82.5 Å². The predicted octanol–water partition coefficient (Wildman–Crippen LogP) is 3.59. The van der Waals surface area contributed by atoms with Gasteiger partial charge in [0.15, 0.2) is 0 Å². The number of rotatable bonds is 4. The van der Waals surface area contributed by atoms with Gasteiger partial charge in [-0.1, -0.05) is 11.6 Å². The SMILES string of the molecule is Cc1csc(C(O)(CC(=O)Nc2cc(Cl)ccc2O)C(F)(F)F)n1. The molecule has 0 aliphatic rings. The fourth-order valence-corrected chi connectivity index (χ4v) is 2.96. The highest BCUT2D eigenvalue weighted by Gasteiger charge is 2.58. The number of nitrogens with zero attached hydrogens (tertiary/aromatic N) is 1. The Morgan fingerprint density at radius 1 is 1.42 bits per heavy atom. The van der Waals surface area contributed by atoms with Crippen LogP contribution in [0.25, 0.3) is 0 Å². The van der Waals surface area contributed by atoms with Crippen LogP contribution in [-0.2, 0) is 10.4 Å². The molecule has 0 aliphatic heterocycles. The van der Waals surface area contributed by atoms with Crippen molar-refractivity contribution in [3.63, 3.8) is 0 Å². The van der Waals surface area contributed by atoms with Crippen molar-refractivity contribution in [1.82, 2.24) is 4.98 Å². The van der Waals surface area contributed by atoms with Gasteiger partial charge in [-0.15, -0.1) is 11.3 Å². The number of carbonyl (C=O) groups excluding carboxylic acids is 1. The van der Waals surface area contributed by atoms with Gasteiger partial charge in [-0.05, 0) is 25.1 Å². The normalized spacial score (nSPS) is 14.2. The highest BCUT2D eigenvalue weighted by atomic mass is 35.5. The fraction of sp³-hybridized carbons (Fsp3) is 0.286. The third-order valence-corrected chi connectivity index (χ3v) is 4.44. The molecule has 2 rings (SSSR count). The Kier molecular flexibility index (Phi) is 5.07. The Bertz CT molecular complexity index is 766. The molecule has 1 atom stereocenters. The van der Waals surface area contributed by atoms with Crippen molar-refractivity contribution in [2.45, 2.75) is 25.1 Å². The van der Waals surface area contributed by atoms with Crippen LogP contribution in [0.2, 0.25) is 5.02 Å². The summed E-state index contributed by atoms with van der Waals surface area (Å²) < 4.78 is 39.9. The molecule has 1 amide bonds. The van der Waals surface area contributed by atoms with E-state index in [2.05, 4.69) is 10.3 Å². The average molecular weight is 381 g/mol. The number of carbonyl (C=O) groups is 1. The van der Waals surface area contributed by atoms with Crippen LogP contribution in [0.5, 0.6) is 5.75 Å². The van der Waals surface area contributed by atoms with Crippen LogP contribution in [0.15, 0.2) is 23.6 Å². The van der Waals surface area contributed by atoms with Gasteiger partial charge in [0.25, 0.3) is 0 Å². The van der Waals surface area contributed by atoms with Crippen molar-refractivity contribution in [3.05, 3.63) is 39.3 Å². The molecular weight excluding hydrogens is 369 g/mol. The molecule has 0 radical (unpaired) electrons. The molecule has 2 aromatic rings. The van der Waals surface area contributed by atoms with E-state index in [9.17, 15) is 28.2 Å². The van der Waals surface area contributed by atoms with Crippen molar-refractivity contribution in [2.24, 2.45) is 0 Å². The van der Waals surface area contributed by atoms with Crippen molar-refractivity contribution in [1.29, 1.82) is 0 Å². The van der Waals surface area contributed by atoms with E-state index in [0.29, 0.717) is 17.0 Å². The van der Waals surface area contributed by atoms with Crippen LogP contribution in [0, 0.1) is 6.92 Å². The van der Waals surface area contributed by atoms with Crippen molar-refractivity contribution in [2.75, 3.05) is 5.32 Å². The first-order valence-corrected chi connectivity index (χ1v) is 7.79. The van der Waals surface area contributed by atoms with E-state index >= 15 is 0 Å². The Hall–Kier alpha value is -1.84. The van der Waals surface area contributed by atoms with E-state index in [1.54, 1.807) is 0 Å². The Balaban J connectivity index is 2.27. The van der Waals surface area contributed by atoms with Crippen LogP contribution < -0.4 is 5.32 Å². The second-order valence-corrected chi connectivity index (χ2v) is 6.33. The van der Waals surface area contributed by atoms with Gasteiger partial charge in [-0.25, -0.2) is 4.98 Å². The molecule has 5 nitrogen and oxygen atoms in total. The Morgan fingerprint density at radius 3 is 2.62 bits per heavy atom. The van der Waals surface area contributed by atoms with Crippen molar-refractivity contribution >= 4 is 34.5 Å². The molecule has 0 aliphatic carbocycles. The maximum atomic E-state index is 13.3. The summed E-state index contributed by atoms with van der Waals surface area (Å²) in [6.45, 7) is 1.47. The number of benzene rings is 1. The minimum Gasteiger partial charge on any atom is -0.506 e. The third kappa shape index (κ3) is 3.80. The van der Waals surface area contributed by atoms with Gasteiger partial charge in [-0.3, -0.25) is 4.79 Å². The van der Waals surface area contributed by atoms with Crippen molar-refractivity contribution < 1.29 is 28.2 Å². The van der Waals surface area contributed by atoms with Crippen LogP contribution >= 0.6 is 22.9 Å². The van der Waals surface area contributed by atoms with Crippen LogP contribution in [-0.4, -0.2) is 27.3 Å². The van der Waals surface area contributed by atoms with Gasteiger partial charge >= 0.3 is 6.18 Å². The van der Waals surface area contributed by atoms with E-state index in [1.807, 2.05) is 0 Å². The van der Waals surface area contributed by atoms with E-state index in [1.165, 1.54) is 30.5 Å². The van der Waals surface area contributed by atoms with Crippen LogP contribution in [0.4, 0.5) is 18.9 Å². The molecule has 24 heavy (non-hydrogen) atoms. The van der Waals surface area contributed by atoms with Gasteiger partial charge in [0, 0.05) is 16.1 Å². The predicted molar refractivity (Wildman–Crippen MR) is 83.2 cm³/mol. The number of alkyl halides is 3. The molecule has 1 heterocycles. The quantitative estimate of drug-likeness (QED) is 0.708. The number of amides is 1. The third-order valence-electron chi connectivity index (χ3n) is 3.09. The summed E-state index contributed by atoms with van der Waals surface area (Å²) in [6.07, 6.45) is -6.42. The Morgan fingerprint density at radius 2 is 2.08 bits per heavy atom. The van der Waals surface area contributed by atoms with E-state index in [0.717, 1.165) is 0 Å². The summed E-state index contributed by atoms with van der Waals surface area (Å²) in [5, 5.41) is 22.7.